The molecule has 0 bridgehead atoms. The van der Waals surface area contributed by atoms with Gasteiger partial charge in [0.2, 0.25) is 11.8 Å². The first-order valence-electron chi connectivity index (χ1n) is 9.09. The molecule has 1 heterocycles. The van der Waals surface area contributed by atoms with Crippen LogP contribution in [0.2, 0.25) is 0 Å². The Morgan fingerprint density at radius 1 is 1.03 bits per heavy atom. The van der Waals surface area contributed by atoms with Crippen molar-refractivity contribution >= 4 is 17.7 Å². The molecule has 2 aromatic carbocycles. The predicted octanol–water partition coefficient (Wildman–Crippen LogP) is 5.17. The van der Waals surface area contributed by atoms with Gasteiger partial charge in [-0.05, 0) is 29.3 Å². The number of alkyl halides is 3. The summed E-state index contributed by atoms with van der Waals surface area (Å²) in [6.45, 7) is -1.28. The highest BCUT2D eigenvalue weighted by Crippen LogP contribution is 2.35. The summed E-state index contributed by atoms with van der Waals surface area (Å²) < 4.78 is 41.6. The fourth-order valence-electron chi connectivity index (χ4n) is 2.61. The van der Waals surface area contributed by atoms with Crippen LogP contribution < -0.4 is 10.1 Å². The number of thioether (sulfide) groups is 1. The van der Waals surface area contributed by atoms with Crippen LogP contribution in [0.15, 0.2) is 83.9 Å². The number of nitrogens with zero attached hydrogens (tertiary/aromatic N) is 1. The van der Waals surface area contributed by atoms with E-state index in [2.05, 4.69) is 15.0 Å². The third kappa shape index (κ3) is 6.81. The lowest BCUT2D eigenvalue weighted by atomic mass is 10.1. The lowest BCUT2D eigenvalue weighted by molar-refractivity contribution is -0.154. The maximum atomic E-state index is 12.9. The number of pyridine rings is 1. The summed E-state index contributed by atoms with van der Waals surface area (Å²) in [7, 11) is 0. The smallest absolute Gasteiger partial charge is 0.422 e. The van der Waals surface area contributed by atoms with Gasteiger partial charge in [0, 0.05) is 23.7 Å². The SMILES string of the molecule is O=C(NCc1ccnc(OCC(F)(F)F)c1)C(Sc1ccccc1)c1ccccc1. The number of ether oxygens (including phenoxy) is 1. The molecule has 0 radical (unpaired) electrons. The second-order valence-electron chi connectivity index (χ2n) is 6.35. The Balaban J connectivity index is 1.67. The van der Waals surface area contributed by atoms with E-state index in [1.54, 1.807) is 6.07 Å². The maximum Gasteiger partial charge on any atom is 0.422 e. The summed E-state index contributed by atoms with van der Waals surface area (Å²) in [4.78, 5) is 17.7. The fourth-order valence-corrected chi connectivity index (χ4v) is 3.68. The minimum atomic E-state index is -4.44. The molecule has 0 aliphatic carbocycles. The maximum absolute atomic E-state index is 12.9. The predicted molar refractivity (Wildman–Crippen MR) is 109 cm³/mol. The van der Waals surface area contributed by atoms with E-state index in [0.29, 0.717) is 5.56 Å². The van der Waals surface area contributed by atoms with Crippen LogP contribution in [0, 0.1) is 0 Å². The lowest BCUT2D eigenvalue weighted by Gasteiger charge is -2.17. The molecule has 30 heavy (non-hydrogen) atoms. The zero-order valence-corrected chi connectivity index (χ0v) is 16.6. The normalized spacial score (nSPS) is 12.2. The topological polar surface area (TPSA) is 51.2 Å². The quantitative estimate of drug-likeness (QED) is 0.499. The van der Waals surface area contributed by atoms with E-state index in [0.717, 1.165) is 10.5 Å². The molecule has 0 saturated carbocycles. The molecule has 8 heteroatoms. The van der Waals surface area contributed by atoms with Crippen molar-refractivity contribution in [1.29, 1.82) is 0 Å². The Hall–Kier alpha value is -3.00. The molecule has 3 aromatic rings. The third-order valence-electron chi connectivity index (χ3n) is 3.99. The average Bonchev–Trinajstić information content (AvgIpc) is 2.75. The second kappa shape index (κ2) is 10.2. The van der Waals surface area contributed by atoms with E-state index in [4.69, 9.17) is 0 Å². The van der Waals surface area contributed by atoms with Crippen LogP contribution in [0.3, 0.4) is 0 Å². The van der Waals surface area contributed by atoms with Crippen LogP contribution in [-0.2, 0) is 11.3 Å². The van der Waals surface area contributed by atoms with Crippen molar-refractivity contribution < 1.29 is 22.7 Å². The molecular formula is C22H19F3N2O2S. The largest absolute Gasteiger partial charge is 0.468 e. The van der Waals surface area contributed by atoms with Crippen LogP contribution in [0.4, 0.5) is 13.2 Å². The molecule has 0 fully saturated rings. The Morgan fingerprint density at radius 3 is 2.37 bits per heavy atom. The first-order valence-corrected chi connectivity index (χ1v) is 9.97. The molecule has 1 amide bonds. The van der Waals surface area contributed by atoms with Crippen molar-refractivity contribution in [3.05, 3.63) is 90.1 Å². The van der Waals surface area contributed by atoms with Crippen molar-refractivity contribution in [2.24, 2.45) is 0 Å². The van der Waals surface area contributed by atoms with Gasteiger partial charge in [-0.1, -0.05) is 48.5 Å². The Kier molecular flexibility index (Phi) is 7.35. The van der Waals surface area contributed by atoms with Gasteiger partial charge in [0.15, 0.2) is 6.61 Å². The summed E-state index contributed by atoms with van der Waals surface area (Å²) in [5, 5.41) is 2.38. The minimum Gasteiger partial charge on any atom is -0.468 e. The van der Waals surface area contributed by atoms with Gasteiger partial charge in [0.25, 0.3) is 0 Å². The van der Waals surface area contributed by atoms with E-state index in [1.807, 2.05) is 60.7 Å². The monoisotopic (exact) mass is 432 g/mol. The molecule has 0 spiro atoms. The van der Waals surface area contributed by atoms with Crippen molar-refractivity contribution in [3.63, 3.8) is 0 Å². The molecule has 0 aliphatic heterocycles. The number of halogens is 3. The van der Waals surface area contributed by atoms with E-state index in [9.17, 15) is 18.0 Å². The Labute approximate surface area is 176 Å². The third-order valence-corrected chi connectivity index (χ3v) is 5.25. The fraction of sp³-hybridized carbons (Fsp3) is 0.182. The summed E-state index contributed by atoms with van der Waals surface area (Å²) in [6.07, 6.45) is -3.09. The molecule has 0 saturated heterocycles. The standard InChI is InChI=1S/C22H19F3N2O2S/c23-22(24,25)15-29-19-13-16(11-12-26-19)14-27-21(28)20(17-7-3-1-4-8-17)30-18-9-5-2-6-10-18/h1-13,20H,14-15H2,(H,27,28). The molecule has 1 aromatic heterocycles. The van der Waals surface area contributed by atoms with Gasteiger partial charge in [-0.2, -0.15) is 13.2 Å². The molecule has 1 atom stereocenters. The van der Waals surface area contributed by atoms with Gasteiger partial charge in [-0.15, -0.1) is 11.8 Å². The highest BCUT2D eigenvalue weighted by atomic mass is 32.2. The first kappa shape index (κ1) is 21.7. The number of nitrogens with one attached hydrogen (secondary N) is 1. The molecule has 1 unspecified atom stereocenters. The van der Waals surface area contributed by atoms with Crippen LogP contribution in [0.25, 0.3) is 0 Å². The highest BCUT2D eigenvalue weighted by Gasteiger charge is 2.28. The first-order chi connectivity index (χ1) is 14.4. The minimum absolute atomic E-state index is 0.141. The molecule has 4 nitrogen and oxygen atoms in total. The zero-order valence-electron chi connectivity index (χ0n) is 15.8. The van der Waals surface area contributed by atoms with Crippen LogP contribution >= 0.6 is 11.8 Å². The average molecular weight is 432 g/mol. The van der Waals surface area contributed by atoms with Crippen molar-refractivity contribution in [1.82, 2.24) is 10.3 Å². The van der Waals surface area contributed by atoms with Gasteiger partial charge in [0.1, 0.15) is 5.25 Å². The van der Waals surface area contributed by atoms with E-state index in [-0.39, 0.29) is 18.3 Å². The Morgan fingerprint density at radius 2 is 1.70 bits per heavy atom. The number of carbonyl (C=O) groups is 1. The number of benzene rings is 2. The molecule has 156 valence electrons. The van der Waals surface area contributed by atoms with Crippen LogP contribution in [-0.4, -0.2) is 23.7 Å². The molecular weight excluding hydrogens is 413 g/mol. The van der Waals surface area contributed by atoms with E-state index in [1.165, 1.54) is 24.0 Å². The lowest BCUT2D eigenvalue weighted by Crippen LogP contribution is -2.27. The van der Waals surface area contributed by atoms with Gasteiger partial charge in [0.05, 0.1) is 0 Å². The summed E-state index contributed by atoms with van der Waals surface area (Å²) in [5.41, 5.74) is 1.44. The number of hydrogen-bond donors (Lipinski definition) is 1. The number of amides is 1. The van der Waals surface area contributed by atoms with E-state index >= 15 is 0 Å². The number of hydrogen-bond acceptors (Lipinski definition) is 4. The highest BCUT2D eigenvalue weighted by molar-refractivity contribution is 8.00. The summed E-state index contributed by atoms with van der Waals surface area (Å²) in [6, 6.07) is 22.0. The van der Waals surface area contributed by atoms with Crippen LogP contribution in [0.5, 0.6) is 5.88 Å². The van der Waals surface area contributed by atoms with Gasteiger partial charge < -0.3 is 10.1 Å². The van der Waals surface area contributed by atoms with Crippen molar-refractivity contribution in [3.8, 4) is 5.88 Å². The molecule has 3 rings (SSSR count). The second-order valence-corrected chi connectivity index (χ2v) is 7.52. The van der Waals surface area contributed by atoms with Crippen LogP contribution in [0.1, 0.15) is 16.4 Å². The summed E-state index contributed by atoms with van der Waals surface area (Å²) in [5.74, 6) is -0.345. The Bertz CT molecular complexity index is 953. The van der Waals surface area contributed by atoms with Gasteiger partial charge >= 0.3 is 6.18 Å². The van der Waals surface area contributed by atoms with Gasteiger partial charge in [-0.25, -0.2) is 4.98 Å². The number of rotatable bonds is 8. The van der Waals surface area contributed by atoms with E-state index < -0.39 is 18.0 Å². The van der Waals surface area contributed by atoms with Gasteiger partial charge in [-0.3, -0.25) is 4.79 Å². The summed E-state index contributed by atoms with van der Waals surface area (Å²) >= 11 is 1.42. The number of carbonyl (C=O) groups excluding carboxylic acids is 1. The number of aromatic nitrogens is 1. The van der Waals surface area contributed by atoms with Crippen molar-refractivity contribution in [2.75, 3.05) is 6.61 Å². The molecule has 1 N–H and O–H groups in total. The van der Waals surface area contributed by atoms with Crippen molar-refractivity contribution in [2.45, 2.75) is 22.9 Å². The molecule has 0 aliphatic rings. The zero-order chi connectivity index (χ0) is 21.4.